The van der Waals surface area contributed by atoms with E-state index in [1.54, 1.807) is 7.11 Å². The van der Waals surface area contributed by atoms with Gasteiger partial charge < -0.3 is 24.6 Å². The highest BCUT2D eigenvalue weighted by atomic mass is 16.5. The minimum atomic E-state index is 0.00856. The largest absolute Gasteiger partial charge is 0.497 e. The second kappa shape index (κ2) is 9.88. The zero-order valence-corrected chi connectivity index (χ0v) is 16.7. The van der Waals surface area contributed by atoms with Crippen LogP contribution in [-0.2, 0) is 6.42 Å². The molecule has 0 aromatic heterocycles. The molecule has 1 N–H and O–H groups in total. The molecule has 6 heteroatoms. The van der Waals surface area contributed by atoms with Crippen LogP contribution in [0.15, 0.2) is 48.5 Å². The summed E-state index contributed by atoms with van der Waals surface area (Å²) in [6.45, 7) is 6.37. The van der Waals surface area contributed by atoms with Crippen molar-refractivity contribution in [1.82, 2.24) is 10.2 Å². The fourth-order valence-corrected chi connectivity index (χ4v) is 3.34. The van der Waals surface area contributed by atoms with Crippen molar-refractivity contribution >= 4 is 11.7 Å². The summed E-state index contributed by atoms with van der Waals surface area (Å²) in [6.07, 6.45) is 0.787. The van der Waals surface area contributed by atoms with Crippen LogP contribution in [0.3, 0.4) is 0 Å². The van der Waals surface area contributed by atoms with Gasteiger partial charge >= 0.3 is 6.03 Å². The number of rotatable bonds is 7. The van der Waals surface area contributed by atoms with Gasteiger partial charge in [0, 0.05) is 38.4 Å². The molecule has 0 atom stereocenters. The van der Waals surface area contributed by atoms with Crippen molar-refractivity contribution in [2.75, 3.05) is 51.3 Å². The molecule has 1 heterocycles. The van der Waals surface area contributed by atoms with E-state index in [0.717, 1.165) is 49.7 Å². The maximum atomic E-state index is 12.4. The van der Waals surface area contributed by atoms with Crippen molar-refractivity contribution in [3.63, 3.8) is 0 Å². The summed E-state index contributed by atoms with van der Waals surface area (Å²) in [5, 5.41) is 3.03. The number of hydrogen-bond acceptors (Lipinski definition) is 4. The fraction of sp³-hybridized carbons (Fsp3) is 0.409. The first-order valence-electron chi connectivity index (χ1n) is 9.83. The van der Waals surface area contributed by atoms with Crippen LogP contribution in [0.25, 0.3) is 0 Å². The van der Waals surface area contributed by atoms with E-state index in [4.69, 9.17) is 9.47 Å². The number of amides is 2. The summed E-state index contributed by atoms with van der Waals surface area (Å²) in [5.41, 5.74) is 2.32. The van der Waals surface area contributed by atoms with Gasteiger partial charge in [0.25, 0.3) is 0 Å². The van der Waals surface area contributed by atoms with Gasteiger partial charge in [0.1, 0.15) is 11.5 Å². The highest BCUT2D eigenvalue weighted by Crippen LogP contribution is 2.21. The predicted octanol–water partition coefficient (Wildman–Crippen LogP) is 3.17. The third-order valence-corrected chi connectivity index (χ3v) is 4.90. The first-order valence-corrected chi connectivity index (χ1v) is 9.83. The molecule has 2 amide bonds. The van der Waals surface area contributed by atoms with E-state index < -0.39 is 0 Å². The van der Waals surface area contributed by atoms with Gasteiger partial charge in [-0.05, 0) is 55.3 Å². The van der Waals surface area contributed by atoms with Crippen LogP contribution in [0.4, 0.5) is 10.5 Å². The average molecular weight is 383 g/mol. The van der Waals surface area contributed by atoms with E-state index in [2.05, 4.69) is 22.3 Å². The lowest BCUT2D eigenvalue weighted by Crippen LogP contribution is -2.52. The molecule has 1 aliphatic heterocycles. The lowest BCUT2D eigenvalue weighted by molar-refractivity contribution is 0.194. The smallest absolute Gasteiger partial charge is 0.317 e. The molecular weight excluding hydrogens is 354 g/mol. The van der Waals surface area contributed by atoms with Crippen molar-refractivity contribution < 1.29 is 14.3 Å². The zero-order chi connectivity index (χ0) is 19.8. The Morgan fingerprint density at radius 3 is 2.46 bits per heavy atom. The van der Waals surface area contributed by atoms with E-state index in [-0.39, 0.29) is 6.03 Å². The van der Waals surface area contributed by atoms with Gasteiger partial charge in [-0.15, -0.1) is 0 Å². The molecule has 1 fully saturated rings. The van der Waals surface area contributed by atoms with Crippen LogP contribution < -0.4 is 19.7 Å². The monoisotopic (exact) mass is 383 g/mol. The highest BCUT2D eigenvalue weighted by molar-refractivity contribution is 5.74. The molecule has 3 rings (SSSR count). The lowest BCUT2D eigenvalue weighted by atomic mass is 10.1. The SMILES string of the molecule is CCOc1ccc(N2CCN(C(=O)NCCc3cccc(OC)c3)CC2)cc1. The van der Waals surface area contributed by atoms with Crippen LogP contribution in [0, 0.1) is 0 Å². The lowest BCUT2D eigenvalue weighted by Gasteiger charge is -2.36. The number of carbonyl (C=O) groups is 1. The quantitative estimate of drug-likeness (QED) is 0.798. The summed E-state index contributed by atoms with van der Waals surface area (Å²) in [6, 6.07) is 16.1. The van der Waals surface area contributed by atoms with Crippen molar-refractivity contribution in [3.8, 4) is 11.5 Å². The topological polar surface area (TPSA) is 54.0 Å². The third kappa shape index (κ3) is 5.31. The molecule has 0 radical (unpaired) electrons. The van der Waals surface area contributed by atoms with E-state index in [0.29, 0.717) is 13.2 Å². The minimum Gasteiger partial charge on any atom is -0.497 e. The fourth-order valence-electron chi connectivity index (χ4n) is 3.34. The van der Waals surface area contributed by atoms with Crippen LogP contribution in [0.2, 0.25) is 0 Å². The molecule has 0 spiro atoms. The highest BCUT2D eigenvalue weighted by Gasteiger charge is 2.21. The number of urea groups is 1. The number of anilines is 1. The Morgan fingerprint density at radius 1 is 1.04 bits per heavy atom. The van der Waals surface area contributed by atoms with Crippen LogP contribution in [0.5, 0.6) is 11.5 Å². The molecule has 0 aliphatic carbocycles. The van der Waals surface area contributed by atoms with Crippen molar-refractivity contribution in [1.29, 1.82) is 0 Å². The van der Waals surface area contributed by atoms with Crippen molar-refractivity contribution in [2.45, 2.75) is 13.3 Å². The molecule has 28 heavy (non-hydrogen) atoms. The van der Waals surface area contributed by atoms with Gasteiger partial charge in [-0.25, -0.2) is 4.79 Å². The van der Waals surface area contributed by atoms with Gasteiger partial charge in [-0.3, -0.25) is 0 Å². The molecular formula is C22H29N3O3. The standard InChI is InChI=1S/C22H29N3O3/c1-3-28-20-9-7-19(8-10-20)24-13-15-25(16-14-24)22(26)23-12-11-18-5-4-6-21(17-18)27-2/h4-10,17H,3,11-16H2,1-2H3,(H,23,26). The van der Waals surface area contributed by atoms with Crippen molar-refractivity contribution in [2.24, 2.45) is 0 Å². The predicted molar refractivity (Wildman–Crippen MR) is 111 cm³/mol. The van der Waals surface area contributed by atoms with Gasteiger partial charge in [-0.1, -0.05) is 12.1 Å². The molecule has 2 aromatic rings. The Balaban J connectivity index is 1.42. The molecule has 1 saturated heterocycles. The molecule has 2 aromatic carbocycles. The van der Waals surface area contributed by atoms with Crippen LogP contribution >= 0.6 is 0 Å². The van der Waals surface area contributed by atoms with E-state index in [9.17, 15) is 4.79 Å². The van der Waals surface area contributed by atoms with Crippen molar-refractivity contribution in [3.05, 3.63) is 54.1 Å². The Hall–Kier alpha value is -2.89. The van der Waals surface area contributed by atoms with Crippen LogP contribution in [0.1, 0.15) is 12.5 Å². The Labute approximate surface area is 167 Å². The summed E-state index contributed by atoms with van der Waals surface area (Å²) in [7, 11) is 1.66. The minimum absolute atomic E-state index is 0.00856. The average Bonchev–Trinajstić information content (AvgIpc) is 2.75. The van der Waals surface area contributed by atoms with E-state index >= 15 is 0 Å². The number of nitrogens with one attached hydrogen (secondary N) is 1. The number of carbonyl (C=O) groups excluding carboxylic acids is 1. The second-order valence-electron chi connectivity index (χ2n) is 6.73. The maximum absolute atomic E-state index is 12.4. The Morgan fingerprint density at radius 2 is 1.79 bits per heavy atom. The maximum Gasteiger partial charge on any atom is 0.317 e. The molecule has 1 aliphatic rings. The van der Waals surface area contributed by atoms with Crippen LogP contribution in [-0.4, -0.2) is 57.4 Å². The number of nitrogens with zero attached hydrogens (tertiary/aromatic N) is 2. The summed E-state index contributed by atoms with van der Waals surface area (Å²) < 4.78 is 10.7. The Kier molecular flexibility index (Phi) is 7.00. The zero-order valence-electron chi connectivity index (χ0n) is 16.7. The number of ether oxygens (including phenoxy) is 2. The van der Waals surface area contributed by atoms with Gasteiger partial charge in [-0.2, -0.15) is 0 Å². The van der Waals surface area contributed by atoms with Gasteiger partial charge in [0.2, 0.25) is 0 Å². The number of methoxy groups -OCH3 is 1. The third-order valence-electron chi connectivity index (χ3n) is 4.90. The molecule has 0 saturated carbocycles. The summed E-state index contributed by atoms with van der Waals surface area (Å²) in [4.78, 5) is 16.6. The Bertz CT molecular complexity index is 756. The molecule has 150 valence electrons. The normalized spacial score (nSPS) is 13.9. The summed E-state index contributed by atoms with van der Waals surface area (Å²) >= 11 is 0. The molecule has 6 nitrogen and oxygen atoms in total. The number of hydrogen-bond donors (Lipinski definition) is 1. The molecule has 0 unspecified atom stereocenters. The molecule has 0 bridgehead atoms. The van der Waals surface area contributed by atoms with E-state index in [1.165, 1.54) is 5.69 Å². The summed E-state index contributed by atoms with van der Waals surface area (Å²) in [5.74, 6) is 1.73. The van der Waals surface area contributed by atoms with E-state index in [1.807, 2.05) is 48.2 Å². The first kappa shape index (κ1) is 19.9. The van der Waals surface area contributed by atoms with Gasteiger partial charge in [0.15, 0.2) is 0 Å². The first-order chi connectivity index (χ1) is 13.7. The number of piperazine rings is 1. The number of benzene rings is 2. The second-order valence-corrected chi connectivity index (χ2v) is 6.73. The van der Waals surface area contributed by atoms with Gasteiger partial charge in [0.05, 0.1) is 13.7 Å².